The van der Waals surface area contributed by atoms with Crippen molar-refractivity contribution in [3.63, 3.8) is 0 Å². The number of hydrogen-bond acceptors (Lipinski definition) is 7. The Morgan fingerprint density at radius 1 is 1.41 bits per heavy atom. The number of rotatable bonds is 6. The second kappa shape index (κ2) is 9.63. The fourth-order valence-electron chi connectivity index (χ4n) is 4.44. The van der Waals surface area contributed by atoms with Gasteiger partial charge in [0.2, 0.25) is 0 Å². The molecule has 0 aliphatic carbocycles. The fourth-order valence-corrected chi connectivity index (χ4v) is 5.92. The van der Waals surface area contributed by atoms with E-state index in [-0.39, 0.29) is 5.54 Å². The molecule has 162 valence electrons. The van der Waals surface area contributed by atoms with Crippen molar-refractivity contribution in [3.8, 4) is 0 Å². The molecule has 1 aromatic heterocycles. The van der Waals surface area contributed by atoms with Crippen molar-refractivity contribution in [1.29, 1.82) is 0 Å². The lowest BCUT2D eigenvalue weighted by Gasteiger charge is -2.43. The molecule has 2 unspecified atom stereocenters. The summed E-state index contributed by atoms with van der Waals surface area (Å²) in [7, 11) is 3.52. The summed E-state index contributed by atoms with van der Waals surface area (Å²) in [6.07, 6.45) is 3.16. The third-order valence-corrected chi connectivity index (χ3v) is 7.32. The molecule has 2 saturated heterocycles. The smallest absolute Gasteiger partial charge is 0.191 e. The average Bonchev–Trinajstić information content (AvgIpc) is 3.39. The molecule has 0 aromatic carbocycles. The topological polar surface area (TPSA) is 88.8 Å². The number of nitrogens with one attached hydrogen (secondary N) is 2. The summed E-state index contributed by atoms with van der Waals surface area (Å²) in [6.45, 7) is 5.91. The highest BCUT2D eigenvalue weighted by molar-refractivity contribution is 7.99. The van der Waals surface area contributed by atoms with Crippen LogP contribution in [0, 0.1) is 0 Å². The number of guanidine groups is 1. The third-order valence-electron chi connectivity index (χ3n) is 6.09. The minimum Gasteiger partial charge on any atom is -0.379 e. The van der Waals surface area contributed by atoms with Crippen LogP contribution in [0.25, 0.3) is 0 Å². The minimum atomic E-state index is 0.201. The van der Waals surface area contributed by atoms with Gasteiger partial charge in [-0.1, -0.05) is 0 Å². The predicted molar refractivity (Wildman–Crippen MR) is 114 cm³/mol. The fraction of sp³-hybridized carbons (Fsp3) is 0.842. The van der Waals surface area contributed by atoms with Crippen LogP contribution < -0.4 is 10.6 Å². The normalized spacial score (nSPS) is 28.3. The summed E-state index contributed by atoms with van der Waals surface area (Å²) in [5.41, 5.74) is 0.201. The lowest BCUT2D eigenvalue weighted by Crippen LogP contribution is -2.60. The van der Waals surface area contributed by atoms with Crippen molar-refractivity contribution in [1.82, 2.24) is 30.3 Å². The van der Waals surface area contributed by atoms with Crippen LogP contribution in [0.1, 0.15) is 24.5 Å². The zero-order valence-electron chi connectivity index (χ0n) is 17.5. The van der Waals surface area contributed by atoms with Gasteiger partial charge in [0.15, 0.2) is 11.8 Å². The molecule has 29 heavy (non-hydrogen) atoms. The lowest BCUT2D eigenvalue weighted by molar-refractivity contribution is -0.0120. The SMILES string of the molecule is CN=C(NCC1(N2CCOCC2)CCSC1)NC1CCc2nc(COC)nn2C1. The Kier molecular flexibility index (Phi) is 6.94. The van der Waals surface area contributed by atoms with Crippen LogP contribution in [0.2, 0.25) is 0 Å². The largest absolute Gasteiger partial charge is 0.379 e. The molecule has 0 spiro atoms. The molecule has 1 aromatic rings. The summed E-state index contributed by atoms with van der Waals surface area (Å²) in [6, 6.07) is 0.295. The molecule has 0 saturated carbocycles. The second-order valence-electron chi connectivity index (χ2n) is 7.99. The molecular weight excluding hydrogens is 390 g/mol. The summed E-state index contributed by atoms with van der Waals surface area (Å²) < 4.78 is 12.7. The Morgan fingerprint density at radius 2 is 2.28 bits per heavy atom. The predicted octanol–water partition coefficient (Wildman–Crippen LogP) is 0.112. The number of ether oxygens (including phenoxy) is 2. The lowest BCUT2D eigenvalue weighted by atomic mass is 9.95. The molecule has 9 nitrogen and oxygen atoms in total. The van der Waals surface area contributed by atoms with Crippen molar-refractivity contribution >= 4 is 17.7 Å². The van der Waals surface area contributed by atoms with E-state index in [1.807, 2.05) is 11.7 Å². The van der Waals surface area contributed by atoms with E-state index in [2.05, 4.69) is 42.4 Å². The second-order valence-corrected chi connectivity index (χ2v) is 9.10. The van der Waals surface area contributed by atoms with E-state index in [1.165, 1.54) is 17.9 Å². The average molecular weight is 424 g/mol. The first-order valence-electron chi connectivity index (χ1n) is 10.5. The zero-order chi connectivity index (χ0) is 20.1. The number of thioether (sulfide) groups is 1. The van der Waals surface area contributed by atoms with Gasteiger partial charge in [0.25, 0.3) is 0 Å². The van der Waals surface area contributed by atoms with Crippen molar-refractivity contribution in [3.05, 3.63) is 11.6 Å². The highest BCUT2D eigenvalue weighted by Crippen LogP contribution is 2.33. The van der Waals surface area contributed by atoms with Crippen molar-refractivity contribution < 1.29 is 9.47 Å². The van der Waals surface area contributed by atoms with Gasteiger partial charge in [-0.25, -0.2) is 9.67 Å². The number of methoxy groups -OCH3 is 1. The van der Waals surface area contributed by atoms with E-state index in [4.69, 9.17) is 9.47 Å². The molecule has 4 rings (SSSR count). The van der Waals surface area contributed by atoms with Gasteiger partial charge in [-0.3, -0.25) is 9.89 Å². The first-order chi connectivity index (χ1) is 14.2. The van der Waals surface area contributed by atoms with Crippen LogP contribution >= 0.6 is 11.8 Å². The Bertz CT molecular complexity index is 699. The highest BCUT2D eigenvalue weighted by atomic mass is 32.2. The van der Waals surface area contributed by atoms with E-state index in [0.29, 0.717) is 12.6 Å². The van der Waals surface area contributed by atoms with Crippen LogP contribution in [-0.2, 0) is 29.0 Å². The van der Waals surface area contributed by atoms with Crippen molar-refractivity contribution in [2.75, 3.05) is 58.5 Å². The molecule has 10 heteroatoms. The van der Waals surface area contributed by atoms with E-state index in [9.17, 15) is 0 Å². The number of aliphatic imine (C=N–C) groups is 1. The molecule has 3 aliphatic heterocycles. The van der Waals surface area contributed by atoms with E-state index < -0.39 is 0 Å². The van der Waals surface area contributed by atoms with Gasteiger partial charge in [0.1, 0.15) is 12.4 Å². The van der Waals surface area contributed by atoms with E-state index in [0.717, 1.165) is 69.8 Å². The van der Waals surface area contributed by atoms with Gasteiger partial charge in [-0.2, -0.15) is 16.9 Å². The van der Waals surface area contributed by atoms with Gasteiger partial charge in [-0.05, 0) is 18.6 Å². The molecule has 2 N–H and O–H groups in total. The number of fused-ring (bicyclic) bond motifs is 1. The summed E-state index contributed by atoms with van der Waals surface area (Å²) in [5, 5.41) is 11.8. The van der Waals surface area contributed by atoms with Crippen LogP contribution in [-0.4, -0.2) is 95.7 Å². The molecule has 0 amide bonds. The minimum absolute atomic E-state index is 0.201. The molecule has 0 radical (unpaired) electrons. The Morgan fingerprint density at radius 3 is 3.00 bits per heavy atom. The molecule has 2 atom stereocenters. The van der Waals surface area contributed by atoms with Crippen LogP contribution in [0.5, 0.6) is 0 Å². The van der Waals surface area contributed by atoms with Crippen molar-refractivity contribution in [2.24, 2.45) is 4.99 Å². The van der Waals surface area contributed by atoms with E-state index in [1.54, 1.807) is 7.11 Å². The van der Waals surface area contributed by atoms with Gasteiger partial charge in [0.05, 0.1) is 19.8 Å². The number of morpholine rings is 1. The molecule has 4 heterocycles. The van der Waals surface area contributed by atoms with Crippen LogP contribution in [0.15, 0.2) is 4.99 Å². The Hall–Kier alpha value is -1.36. The number of nitrogens with zero attached hydrogens (tertiary/aromatic N) is 5. The maximum Gasteiger partial charge on any atom is 0.191 e. The van der Waals surface area contributed by atoms with Gasteiger partial charge < -0.3 is 20.1 Å². The quantitative estimate of drug-likeness (QED) is 0.493. The maximum atomic E-state index is 5.57. The zero-order valence-corrected chi connectivity index (χ0v) is 18.3. The number of aryl methyl sites for hydroxylation is 1. The molecule has 0 bridgehead atoms. The number of hydrogen-bond donors (Lipinski definition) is 2. The van der Waals surface area contributed by atoms with Gasteiger partial charge >= 0.3 is 0 Å². The van der Waals surface area contributed by atoms with E-state index >= 15 is 0 Å². The van der Waals surface area contributed by atoms with Crippen molar-refractivity contribution in [2.45, 2.75) is 44.0 Å². The monoisotopic (exact) mass is 423 g/mol. The summed E-state index contributed by atoms with van der Waals surface area (Å²) in [5.74, 6) is 5.08. The standard InChI is InChI=1S/C19H33N7O2S/c1-20-18(21-13-19(5-10-29-14-19)25-6-8-28-9-7-25)22-15-3-4-17-23-16(12-27-2)24-26(17)11-15/h15H,3-14H2,1-2H3,(H2,20,21,22). The van der Waals surface area contributed by atoms with Crippen LogP contribution in [0.4, 0.5) is 0 Å². The maximum absolute atomic E-state index is 5.57. The Balaban J connectivity index is 1.33. The van der Waals surface area contributed by atoms with Crippen LogP contribution in [0.3, 0.4) is 0 Å². The summed E-state index contributed by atoms with van der Waals surface area (Å²) in [4.78, 5) is 11.7. The first-order valence-corrected chi connectivity index (χ1v) is 11.7. The van der Waals surface area contributed by atoms with Gasteiger partial charge in [-0.15, -0.1) is 0 Å². The number of aromatic nitrogens is 3. The highest BCUT2D eigenvalue weighted by Gasteiger charge is 2.40. The molecule has 2 fully saturated rings. The molecule has 3 aliphatic rings. The first kappa shape index (κ1) is 20.9. The Labute approximate surface area is 177 Å². The van der Waals surface area contributed by atoms with Gasteiger partial charge in [0, 0.05) is 57.5 Å². The molecular formula is C19H33N7O2S. The summed E-state index contributed by atoms with van der Waals surface area (Å²) >= 11 is 2.06. The third kappa shape index (κ3) is 4.87.